The Kier molecular flexibility index (Phi) is 5.97. The van der Waals surface area contributed by atoms with E-state index in [1.165, 1.54) is 12.8 Å². The molecule has 0 atom stereocenters. The smallest absolute Gasteiger partial charge is 0.287 e. The quantitative estimate of drug-likeness (QED) is 0.815. The summed E-state index contributed by atoms with van der Waals surface area (Å²) >= 11 is 0. The molecular formula is C23H30N4O2. The molecule has 1 aromatic carbocycles. The Morgan fingerprint density at radius 3 is 2.62 bits per heavy atom. The molecule has 1 fully saturated rings. The van der Waals surface area contributed by atoms with Crippen molar-refractivity contribution in [1.82, 2.24) is 19.8 Å². The van der Waals surface area contributed by atoms with E-state index in [9.17, 15) is 9.59 Å². The number of benzene rings is 1. The van der Waals surface area contributed by atoms with E-state index in [4.69, 9.17) is 0 Å². The van der Waals surface area contributed by atoms with Crippen molar-refractivity contribution in [2.24, 2.45) is 0 Å². The highest BCUT2D eigenvalue weighted by Gasteiger charge is 2.30. The summed E-state index contributed by atoms with van der Waals surface area (Å²) in [7, 11) is 0. The summed E-state index contributed by atoms with van der Waals surface area (Å²) in [5.41, 5.74) is 2.47. The molecule has 2 aromatic rings. The maximum absolute atomic E-state index is 13.4. The van der Waals surface area contributed by atoms with Gasteiger partial charge in [-0.3, -0.25) is 9.59 Å². The van der Waals surface area contributed by atoms with Crippen molar-refractivity contribution in [3.63, 3.8) is 0 Å². The van der Waals surface area contributed by atoms with E-state index in [2.05, 4.69) is 10.3 Å². The summed E-state index contributed by atoms with van der Waals surface area (Å²) in [6, 6.07) is 10.2. The van der Waals surface area contributed by atoms with Gasteiger partial charge < -0.3 is 14.8 Å². The normalized spacial score (nSPS) is 16.4. The monoisotopic (exact) mass is 394 g/mol. The van der Waals surface area contributed by atoms with Gasteiger partial charge in [0.25, 0.3) is 11.8 Å². The SMILES string of the molecule is CCN(Cc1ccccc1)C(=O)c1nc(C(=O)NC2CCCC2)n2c1CCCC2. The van der Waals surface area contributed by atoms with Crippen molar-refractivity contribution in [3.8, 4) is 0 Å². The molecule has 1 saturated carbocycles. The van der Waals surface area contributed by atoms with Gasteiger partial charge in [0.1, 0.15) is 5.69 Å². The Labute approximate surface area is 172 Å². The number of rotatable bonds is 6. The Morgan fingerprint density at radius 2 is 1.90 bits per heavy atom. The molecular weight excluding hydrogens is 364 g/mol. The number of carbonyl (C=O) groups is 2. The topological polar surface area (TPSA) is 67.2 Å². The molecule has 0 radical (unpaired) electrons. The molecule has 0 unspecified atom stereocenters. The van der Waals surface area contributed by atoms with Gasteiger partial charge in [-0.2, -0.15) is 0 Å². The van der Waals surface area contributed by atoms with Crippen LogP contribution in [0.25, 0.3) is 0 Å². The van der Waals surface area contributed by atoms with Crippen molar-refractivity contribution in [2.75, 3.05) is 6.54 Å². The zero-order valence-electron chi connectivity index (χ0n) is 17.2. The number of hydrogen-bond donors (Lipinski definition) is 1. The Bertz CT molecular complexity index is 869. The van der Waals surface area contributed by atoms with Crippen LogP contribution in [0.1, 0.15) is 77.8 Å². The molecule has 0 saturated heterocycles. The highest BCUT2D eigenvalue weighted by atomic mass is 16.2. The zero-order valence-corrected chi connectivity index (χ0v) is 17.2. The standard InChI is InChI=1S/C23H30N4O2/c1-2-26(16-17-10-4-3-5-11-17)23(29)20-19-14-8-9-15-27(19)21(25-20)22(28)24-18-12-6-7-13-18/h3-5,10-11,18H,2,6-9,12-16H2,1H3,(H,24,28). The second kappa shape index (κ2) is 8.80. The molecule has 1 N–H and O–H groups in total. The van der Waals surface area contributed by atoms with Gasteiger partial charge in [-0.05, 0) is 44.6 Å². The van der Waals surface area contributed by atoms with E-state index in [-0.39, 0.29) is 17.9 Å². The second-order valence-electron chi connectivity index (χ2n) is 8.10. The van der Waals surface area contributed by atoms with E-state index in [1.54, 1.807) is 0 Å². The third-order valence-corrected chi connectivity index (χ3v) is 6.10. The first kappa shape index (κ1) is 19.7. The van der Waals surface area contributed by atoms with Crippen LogP contribution in [0.2, 0.25) is 0 Å². The Hall–Kier alpha value is -2.63. The van der Waals surface area contributed by atoms with Crippen LogP contribution in [0.15, 0.2) is 30.3 Å². The summed E-state index contributed by atoms with van der Waals surface area (Å²) in [4.78, 5) is 32.7. The third kappa shape index (κ3) is 4.21. The van der Waals surface area contributed by atoms with Crippen LogP contribution in [-0.2, 0) is 19.5 Å². The van der Waals surface area contributed by atoms with E-state index >= 15 is 0 Å². The highest BCUT2D eigenvalue weighted by molar-refractivity contribution is 5.97. The van der Waals surface area contributed by atoms with Crippen LogP contribution in [-0.4, -0.2) is 38.9 Å². The first-order valence-corrected chi connectivity index (χ1v) is 10.9. The lowest BCUT2D eigenvalue weighted by Crippen LogP contribution is -2.35. The molecule has 1 aliphatic carbocycles. The molecule has 0 bridgehead atoms. The number of aromatic nitrogens is 2. The van der Waals surface area contributed by atoms with Crippen molar-refractivity contribution < 1.29 is 9.59 Å². The van der Waals surface area contributed by atoms with Crippen molar-refractivity contribution in [3.05, 3.63) is 53.1 Å². The second-order valence-corrected chi connectivity index (χ2v) is 8.10. The molecule has 2 heterocycles. The van der Waals surface area contributed by atoms with Crippen molar-refractivity contribution in [1.29, 1.82) is 0 Å². The predicted octanol–water partition coefficient (Wildman–Crippen LogP) is 3.55. The molecule has 0 spiro atoms. The van der Waals surface area contributed by atoms with E-state index in [0.717, 1.165) is 49.9 Å². The van der Waals surface area contributed by atoms with Gasteiger partial charge in [-0.1, -0.05) is 43.2 Å². The first-order chi connectivity index (χ1) is 14.2. The largest absolute Gasteiger partial charge is 0.347 e. The number of fused-ring (bicyclic) bond motifs is 1. The number of nitrogens with zero attached hydrogens (tertiary/aromatic N) is 3. The molecule has 154 valence electrons. The molecule has 6 heteroatoms. The number of carbonyl (C=O) groups excluding carboxylic acids is 2. The summed E-state index contributed by atoms with van der Waals surface area (Å²) in [6.45, 7) is 3.89. The van der Waals surface area contributed by atoms with Gasteiger partial charge in [-0.25, -0.2) is 4.98 Å². The zero-order chi connectivity index (χ0) is 20.2. The molecule has 29 heavy (non-hydrogen) atoms. The number of hydrogen-bond acceptors (Lipinski definition) is 3. The van der Waals surface area contributed by atoms with Crippen LogP contribution < -0.4 is 5.32 Å². The fourth-order valence-electron chi connectivity index (χ4n) is 4.49. The lowest BCUT2D eigenvalue weighted by molar-refractivity contribution is 0.0745. The van der Waals surface area contributed by atoms with Gasteiger partial charge in [0, 0.05) is 25.7 Å². The molecule has 6 nitrogen and oxygen atoms in total. The summed E-state index contributed by atoms with van der Waals surface area (Å²) in [5, 5.41) is 3.13. The minimum atomic E-state index is -0.134. The Balaban J connectivity index is 1.59. The van der Waals surface area contributed by atoms with Crippen LogP contribution in [0.3, 0.4) is 0 Å². The van der Waals surface area contributed by atoms with E-state index < -0.39 is 0 Å². The molecule has 2 aliphatic rings. The summed E-state index contributed by atoms with van der Waals surface area (Å²) in [5.74, 6) is 0.192. The van der Waals surface area contributed by atoms with Gasteiger partial charge in [-0.15, -0.1) is 0 Å². The molecule has 1 aliphatic heterocycles. The Morgan fingerprint density at radius 1 is 1.14 bits per heavy atom. The number of nitrogens with one attached hydrogen (secondary N) is 1. The van der Waals surface area contributed by atoms with Gasteiger partial charge in [0.05, 0.1) is 5.69 Å². The van der Waals surface area contributed by atoms with Crippen LogP contribution >= 0.6 is 0 Å². The van der Waals surface area contributed by atoms with E-state index in [0.29, 0.717) is 24.6 Å². The first-order valence-electron chi connectivity index (χ1n) is 10.9. The number of imidazole rings is 1. The van der Waals surface area contributed by atoms with Crippen LogP contribution in [0.4, 0.5) is 0 Å². The predicted molar refractivity (Wildman–Crippen MR) is 112 cm³/mol. The minimum absolute atomic E-state index is 0.0816. The molecule has 1 aromatic heterocycles. The third-order valence-electron chi connectivity index (χ3n) is 6.10. The minimum Gasteiger partial charge on any atom is -0.347 e. The lowest BCUT2D eigenvalue weighted by atomic mass is 10.1. The average molecular weight is 395 g/mol. The van der Waals surface area contributed by atoms with Crippen LogP contribution in [0, 0.1) is 0 Å². The summed E-state index contributed by atoms with van der Waals surface area (Å²) in [6.07, 6.45) is 7.24. The fraction of sp³-hybridized carbons (Fsp3) is 0.522. The summed E-state index contributed by atoms with van der Waals surface area (Å²) < 4.78 is 1.98. The van der Waals surface area contributed by atoms with Gasteiger partial charge >= 0.3 is 0 Å². The van der Waals surface area contributed by atoms with E-state index in [1.807, 2.05) is 46.7 Å². The van der Waals surface area contributed by atoms with Crippen molar-refractivity contribution in [2.45, 2.75) is 71.0 Å². The number of amides is 2. The average Bonchev–Trinajstić information content (AvgIpc) is 3.40. The van der Waals surface area contributed by atoms with Crippen LogP contribution in [0.5, 0.6) is 0 Å². The lowest BCUT2D eigenvalue weighted by Gasteiger charge is -2.22. The van der Waals surface area contributed by atoms with Crippen molar-refractivity contribution >= 4 is 11.8 Å². The maximum atomic E-state index is 13.4. The van der Waals surface area contributed by atoms with Gasteiger partial charge in [0.15, 0.2) is 5.82 Å². The fourth-order valence-corrected chi connectivity index (χ4v) is 4.49. The molecule has 2 amide bonds. The highest BCUT2D eigenvalue weighted by Crippen LogP contribution is 2.24. The molecule has 4 rings (SSSR count). The van der Waals surface area contributed by atoms with Gasteiger partial charge in [0.2, 0.25) is 0 Å². The maximum Gasteiger partial charge on any atom is 0.287 e.